The smallest absolute Gasteiger partial charge is 0.318 e. The highest BCUT2D eigenvalue weighted by Gasteiger charge is 2.19. The van der Waals surface area contributed by atoms with E-state index < -0.39 is 24.0 Å². The number of hydrogen-bond donors (Lipinski definition) is 2. The summed E-state index contributed by atoms with van der Waals surface area (Å²) in [5.74, 6) is -0.0515. The number of hydrogen-bond acceptors (Lipinski definition) is 7. The summed E-state index contributed by atoms with van der Waals surface area (Å²) in [5, 5.41) is 1.84. The first-order valence-corrected chi connectivity index (χ1v) is 7.76. The van der Waals surface area contributed by atoms with Gasteiger partial charge >= 0.3 is 12.0 Å². The first-order valence-electron chi connectivity index (χ1n) is 6.78. The van der Waals surface area contributed by atoms with Gasteiger partial charge in [0.1, 0.15) is 13.2 Å². The van der Waals surface area contributed by atoms with Crippen LogP contribution in [0.25, 0.3) is 0 Å². The molecule has 23 heavy (non-hydrogen) atoms. The largest absolute Gasteiger partial charge is 0.486 e. The van der Waals surface area contributed by atoms with Crippen molar-refractivity contribution in [2.75, 3.05) is 19.0 Å². The Kier molecular flexibility index (Phi) is 5.69. The zero-order valence-corrected chi connectivity index (χ0v) is 13.2. The minimum atomic E-state index is -1.10. The molecule has 0 saturated carbocycles. The summed E-state index contributed by atoms with van der Waals surface area (Å²) in [6.07, 6.45) is -1.10. The Hall–Kier alpha value is -2.42. The van der Waals surface area contributed by atoms with Crippen molar-refractivity contribution in [2.45, 2.75) is 17.9 Å². The first kappa shape index (κ1) is 16.9. The standard InChI is InChI=1S/C14H16N2O6S/c1-8(13(18)16-14(15)19)22-12(17)7-23-9-2-3-10-11(6-9)21-5-4-20-10/h2-3,6,8H,4-5,7H2,1H3,(H3,15,16,18,19)/t8-/m0/s1. The van der Waals surface area contributed by atoms with E-state index in [1.165, 1.54) is 18.7 Å². The number of urea groups is 1. The number of ether oxygens (including phenoxy) is 3. The van der Waals surface area contributed by atoms with Crippen molar-refractivity contribution in [3.05, 3.63) is 18.2 Å². The van der Waals surface area contributed by atoms with E-state index in [4.69, 9.17) is 19.9 Å². The van der Waals surface area contributed by atoms with Crippen molar-refractivity contribution in [2.24, 2.45) is 5.73 Å². The Morgan fingerprint density at radius 3 is 2.70 bits per heavy atom. The first-order chi connectivity index (χ1) is 11.0. The van der Waals surface area contributed by atoms with E-state index in [9.17, 15) is 14.4 Å². The Bertz CT molecular complexity index is 621. The molecule has 3 amide bonds. The Balaban J connectivity index is 1.82. The zero-order chi connectivity index (χ0) is 16.8. The lowest BCUT2D eigenvalue weighted by Crippen LogP contribution is -2.42. The molecule has 124 valence electrons. The average molecular weight is 340 g/mol. The molecular formula is C14H16N2O6S. The molecule has 0 radical (unpaired) electrons. The van der Waals surface area contributed by atoms with Gasteiger partial charge in [-0.15, -0.1) is 11.8 Å². The second-order valence-electron chi connectivity index (χ2n) is 4.58. The summed E-state index contributed by atoms with van der Waals surface area (Å²) < 4.78 is 15.8. The lowest BCUT2D eigenvalue weighted by atomic mass is 10.3. The third-order valence-electron chi connectivity index (χ3n) is 2.79. The number of benzene rings is 1. The predicted octanol–water partition coefficient (Wildman–Crippen LogP) is 0.677. The third-order valence-corrected chi connectivity index (χ3v) is 3.76. The van der Waals surface area contributed by atoms with Gasteiger partial charge in [-0.25, -0.2) is 4.79 Å². The highest BCUT2D eigenvalue weighted by atomic mass is 32.2. The molecule has 0 saturated heterocycles. The number of nitrogens with two attached hydrogens (primary N) is 1. The van der Waals surface area contributed by atoms with Crippen molar-refractivity contribution >= 4 is 29.7 Å². The number of carbonyl (C=O) groups is 3. The number of esters is 1. The molecule has 2 rings (SSSR count). The number of thioether (sulfide) groups is 1. The summed E-state index contributed by atoms with van der Waals surface area (Å²) in [5.41, 5.74) is 4.81. The Labute approximate surface area is 136 Å². The van der Waals surface area contributed by atoms with Crippen LogP contribution in [0.2, 0.25) is 0 Å². The van der Waals surface area contributed by atoms with Gasteiger partial charge in [0.15, 0.2) is 17.6 Å². The van der Waals surface area contributed by atoms with Crippen LogP contribution in [0.1, 0.15) is 6.92 Å². The van der Waals surface area contributed by atoms with Crippen LogP contribution in [0, 0.1) is 0 Å². The van der Waals surface area contributed by atoms with E-state index in [1.807, 2.05) is 5.32 Å². The van der Waals surface area contributed by atoms with Crippen LogP contribution in [0.15, 0.2) is 23.1 Å². The van der Waals surface area contributed by atoms with Crippen LogP contribution >= 0.6 is 11.8 Å². The lowest BCUT2D eigenvalue weighted by Gasteiger charge is -2.18. The molecule has 0 fully saturated rings. The minimum Gasteiger partial charge on any atom is -0.486 e. The summed E-state index contributed by atoms with van der Waals surface area (Å²) in [4.78, 5) is 34.5. The maximum absolute atomic E-state index is 11.7. The van der Waals surface area contributed by atoms with Crippen molar-refractivity contribution in [3.63, 3.8) is 0 Å². The highest BCUT2D eigenvalue weighted by Crippen LogP contribution is 2.34. The third kappa shape index (κ3) is 5.06. The maximum atomic E-state index is 11.7. The lowest BCUT2D eigenvalue weighted by molar-refractivity contribution is -0.151. The molecule has 3 N–H and O–H groups in total. The molecule has 1 aliphatic heterocycles. The summed E-state index contributed by atoms with van der Waals surface area (Å²) >= 11 is 1.24. The summed E-state index contributed by atoms with van der Waals surface area (Å²) in [6, 6.07) is 4.35. The zero-order valence-electron chi connectivity index (χ0n) is 12.4. The van der Waals surface area contributed by atoms with E-state index in [1.54, 1.807) is 18.2 Å². The van der Waals surface area contributed by atoms with Crippen LogP contribution in [-0.4, -0.2) is 43.0 Å². The minimum absolute atomic E-state index is 0.00777. The van der Waals surface area contributed by atoms with E-state index in [0.717, 1.165) is 4.90 Å². The van der Waals surface area contributed by atoms with E-state index in [0.29, 0.717) is 24.7 Å². The normalized spacial score (nSPS) is 13.8. The van der Waals surface area contributed by atoms with Crippen molar-refractivity contribution in [1.29, 1.82) is 0 Å². The number of imide groups is 1. The molecule has 1 heterocycles. The van der Waals surface area contributed by atoms with Crippen LogP contribution in [0.5, 0.6) is 11.5 Å². The molecule has 0 aromatic heterocycles. The van der Waals surface area contributed by atoms with Gasteiger partial charge in [-0.1, -0.05) is 0 Å². The SMILES string of the molecule is C[C@H](OC(=O)CSc1ccc2c(c1)OCCO2)C(=O)NC(N)=O. The van der Waals surface area contributed by atoms with Crippen molar-refractivity contribution in [3.8, 4) is 11.5 Å². The molecule has 0 aliphatic carbocycles. The fourth-order valence-corrected chi connectivity index (χ4v) is 2.47. The van der Waals surface area contributed by atoms with Crippen LogP contribution in [0.4, 0.5) is 4.79 Å². The fraction of sp³-hybridized carbons (Fsp3) is 0.357. The summed E-state index contributed by atoms with van der Waals surface area (Å²) in [6.45, 7) is 2.34. The predicted molar refractivity (Wildman–Crippen MR) is 81.4 cm³/mol. The van der Waals surface area contributed by atoms with Crippen LogP contribution in [-0.2, 0) is 14.3 Å². The van der Waals surface area contributed by atoms with Gasteiger partial charge in [-0.3, -0.25) is 14.9 Å². The molecule has 0 spiro atoms. The van der Waals surface area contributed by atoms with Gasteiger partial charge < -0.3 is 19.9 Å². The Morgan fingerprint density at radius 2 is 2.00 bits per heavy atom. The van der Waals surface area contributed by atoms with Gasteiger partial charge in [0.2, 0.25) is 0 Å². The van der Waals surface area contributed by atoms with Gasteiger partial charge in [-0.2, -0.15) is 0 Å². The van der Waals surface area contributed by atoms with Crippen molar-refractivity contribution in [1.82, 2.24) is 5.32 Å². The average Bonchev–Trinajstić information content (AvgIpc) is 2.52. The second-order valence-corrected chi connectivity index (χ2v) is 5.63. The number of fused-ring (bicyclic) bond motifs is 1. The molecule has 9 heteroatoms. The number of amides is 3. The molecule has 0 unspecified atom stereocenters. The van der Waals surface area contributed by atoms with Gasteiger partial charge in [-0.05, 0) is 25.1 Å². The van der Waals surface area contributed by atoms with Crippen LogP contribution in [0.3, 0.4) is 0 Å². The van der Waals surface area contributed by atoms with E-state index >= 15 is 0 Å². The molecular weight excluding hydrogens is 324 g/mol. The fourth-order valence-electron chi connectivity index (χ4n) is 1.76. The molecule has 1 aromatic carbocycles. The number of primary amides is 1. The highest BCUT2D eigenvalue weighted by molar-refractivity contribution is 8.00. The Morgan fingerprint density at radius 1 is 1.30 bits per heavy atom. The number of nitrogens with one attached hydrogen (secondary N) is 1. The quantitative estimate of drug-likeness (QED) is 0.598. The van der Waals surface area contributed by atoms with Gasteiger partial charge in [0.25, 0.3) is 5.91 Å². The molecule has 8 nitrogen and oxygen atoms in total. The molecule has 1 aromatic rings. The van der Waals surface area contributed by atoms with E-state index in [2.05, 4.69) is 0 Å². The summed E-state index contributed by atoms with van der Waals surface area (Å²) in [7, 11) is 0. The topological polar surface area (TPSA) is 117 Å². The number of rotatable bonds is 5. The second kappa shape index (κ2) is 7.73. The maximum Gasteiger partial charge on any atom is 0.318 e. The molecule has 1 aliphatic rings. The van der Waals surface area contributed by atoms with Gasteiger partial charge in [0, 0.05) is 4.90 Å². The molecule has 0 bridgehead atoms. The number of carbonyl (C=O) groups excluding carboxylic acids is 3. The van der Waals surface area contributed by atoms with E-state index in [-0.39, 0.29) is 5.75 Å². The van der Waals surface area contributed by atoms with Gasteiger partial charge in [0.05, 0.1) is 5.75 Å². The van der Waals surface area contributed by atoms with Crippen molar-refractivity contribution < 1.29 is 28.6 Å². The van der Waals surface area contributed by atoms with Crippen LogP contribution < -0.4 is 20.5 Å². The molecule has 1 atom stereocenters. The monoisotopic (exact) mass is 340 g/mol.